The summed E-state index contributed by atoms with van der Waals surface area (Å²) in [7, 11) is 0. The second kappa shape index (κ2) is 57.9. The van der Waals surface area contributed by atoms with Crippen molar-refractivity contribution in [2.45, 2.75) is 232 Å². The van der Waals surface area contributed by atoms with Crippen molar-refractivity contribution >= 4 is 17.9 Å². The van der Waals surface area contributed by atoms with Crippen LogP contribution in [-0.2, 0) is 28.6 Å². The maximum Gasteiger partial charge on any atom is 0.306 e. The zero-order valence-electron chi connectivity index (χ0n) is 45.4. The highest BCUT2D eigenvalue weighted by Gasteiger charge is 2.19. The van der Waals surface area contributed by atoms with Crippen LogP contribution in [0.3, 0.4) is 0 Å². The van der Waals surface area contributed by atoms with Crippen molar-refractivity contribution in [3.8, 4) is 0 Å². The van der Waals surface area contributed by atoms with Gasteiger partial charge in [-0.1, -0.05) is 276 Å². The van der Waals surface area contributed by atoms with E-state index in [1.165, 1.54) is 89.9 Å². The smallest absolute Gasteiger partial charge is 0.306 e. The molecule has 0 amide bonds. The van der Waals surface area contributed by atoms with Crippen LogP contribution in [0.1, 0.15) is 226 Å². The average Bonchev–Trinajstić information content (AvgIpc) is 3.37. The van der Waals surface area contributed by atoms with Gasteiger partial charge in [0.1, 0.15) is 13.2 Å². The summed E-state index contributed by atoms with van der Waals surface area (Å²) in [6, 6.07) is 0. The molecule has 0 bridgehead atoms. The molecule has 0 aliphatic heterocycles. The lowest BCUT2D eigenvalue weighted by molar-refractivity contribution is -0.167. The molecule has 6 heteroatoms. The van der Waals surface area contributed by atoms with Crippen molar-refractivity contribution < 1.29 is 28.6 Å². The van der Waals surface area contributed by atoms with Gasteiger partial charge in [0.15, 0.2) is 6.10 Å². The van der Waals surface area contributed by atoms with Crippen LogP contribution in [0.25, 0.3) is 0 Å². The van der Waals surface area contributed by atoms with Crippen molar-refractivity contribution in [2.75, 3.05) is 13.2 Å². The fraction of sp³-hybridized carbons (Fsp3) is 0.585. The standard InChI is InChI=1S/C65H102O6/c1-4-7-10-13-16-19-22-25-28-31-32-35-37-40-43-46-49-52-55-58-64(67)70-61-62(71-65(68)59-56-53-50-47-44-41-38-34-30-27-24-21-18-15-12-9-6-3)60-69-63(66)57-54-51-48-45-42-39-36-33-29-26-23-20-17-14-11-8-5-2/h7,9-10,12-13,16,18-19,21-22,25,27-28,30-32,35,37-38,40-41,43,47,50,62H,4-6,8,11,14-15,17,20,23-24,26,29,33-34,36,39,42,44-46,48-49,51-61H2,1-3H3/b10-7-,12-9-,16-13-,21-18-,22-19-,28-25-,30-27-,32-31+,37-35-,41-38-,43-40-,50-47-. The summed E-state index contributed by atoms with van der Waals surface area (Å²) >= 11 is 0. The van der Waals surface area contributed by atoms with Gasteiger partial charge in [-0.05, 0) is 77.0 Å². The van der Waals surface area contributed by atoms with Gasteiger partial charge in [0.05, 0.1) is 0 Å². The van der Waals surface area contributed by atoms with Crippen LogP contribution in [0.15, 0.2) is 146 Å². The Morgan fingerprint density at radius 3 is 1.06 bits per heavy atom. The number of carbonyl (C=O) groups is 3. The molecule has 0 aromatic carbocycles. The van der Waals surface area contributed by atoms with Crippen LogP contribution in [-0.4, -0.2) is 37.2 Å². The quantitative estimate of drug-likeness (QED) is 0.0199. The zero-order chi connectivity index (χ0) is 51.4. The number of allylic oxidation sites excluding steroid dienone is 24. The third-order valence-corrected chi connectivity index (χ3v) is 11.5. The Hall–Kier alpha value is -4.71. The molecule has 1 unspecified atom stereocenters. The number of carbonyl (C=O) groups excluding carboxylic acids is 3. The normalized spacial score (nSPS) is 13.2. The first kappa shape index (κ1) is 66.3. The molecule has 0 aliphatic rings. The first-order valence-corrected chi connectivity index (χ1v) is 28.4. The summed E-state index contributed by atoms with van der Waals surface area (Å²) in [6.45, 7) is 6.29. The lowest BCUT2D eigenvalue weighted by Crippen LogP contribution is -2.30. The van der Waals surface area contributed by atoms with Gasteiger partial charge in [-0.15, -0.1) is 0 Å². The highest BCUT2D eigenvalue weighted by Crippen LogP contribution is 2.15. The van der Waals surface area contributed by atoms with E-state index >= 15 is 0 Å². The molecule has 6 nitrogen and oxygen atoms in total. The minimum atomic E-state index is -0.832. The Labute approximate surface area is 436 Å². The van der Waals surface area contributed by atoms with E-state index in [1.54, 1.807) is 0 Å². The Morgan fingerprint density at radius 1 is 0.310 bits per heavy atom. The van der Waals surface area contributed by atoms with E-state index in [-0.39, 0.29) is 44.0 Å². The molecule has 1 atom stereocenters. The maximum atomic E-state index is 12.8. The number of hydrogen-bond acceptors (Lipinski definition) is 6. The van der Waals surface area contributed by atoms with Crippen LogP contribution in [0, 0.1) is 0 Å². The summed E-state index contributed by atoms with van der Waals surface area (Å²) in [5.41, 5.74) is 0. The van der Waals surface area contributed by atoms with E-state index in [0.29, 0.717) is 19.3 Å². The Morgan fingerprint density at radius 2 is 0.634 bits per heavy atom. The Bertz CT molecular complexity index is 1590. The van der Waals surface area contributed by atoms with Crippen LogP contribution >= 0.6 is 0 Å². The monoisotopic (exact) mass is 979 g/mol. The van der Waals surface area contributed by atoms with E-state index in [9.17, 15) is 14.4 Å². The topological polar surface area (TPSA) is 78.9 Å². The van der Waals surface area contributed by atoms with E-state index in [1.807, 2.05) is 72.9 Å². The fourth-order valence-corrected chi connectivity index (χ4v) is 7.34. The van der Waals surface area contributed by atoms with Crippen LogP contribution in [0.5, 0.6) is 0 Å². The van der Waals surface area contributed by atoms with Crippen LogP contribution in [0.4, 0.5) is 0 Å². The third-order valence-electron chi connectivity index (χ3n) is 11.5. The van der Waals surface area contributed by atoms with Gasteiger partial charge in [-0.3, -0.25) is 14.4 Å². The molecule has 0 saturated carbocycles. The van der Waals surface area contributed by atoms with Gasteiger partial charge >= 0.3 is 17.9 Å². The van der Waals surface area contributed by atoms with E-state index in [0.717, 1.165) is 83.5 Å². The number of ether oxygens (including phenoxy) is 3. The third kappa shape index (κ3) is 56.1. The molecule has 0 aliphatic carbocycles. The van der Waals surface area contributed by atoms with Gasteiger partial charge in [-0.2, -0.15) is 0 Å². The molecule has 0 spiro atoms. The van der Waals surface area contributed by atoms with Crippen LogP contribution in [0.2, 0.25) is 0 Å². The van der Waals surface area contributed by atoms with Crippen molar-refractivity contribution in [2.24, 2.45) is 0 Å². The minimum Gasteiger partial charge on any atom is -0.462 e. The van der Waals surface area contributed by atoms with Gasteiger partial charge in [0, 0.05) is 19.3 Å². The predicted octanol–water partition coefficient (Wildman–Crippen LogP) is 19.2. The van der Waals surface area contributed by atoms with E-state index in [2.05, 4.69) is 93.7 Å². The number of rotatable bonds is 49. The Balaban J connectivity index is 4.59. The second-order valence-corrected chi connectivity index (χ2v) is 18.3. The number of hydrogen-bond donors (Lipinski definition) is 0. The summed E-state index contributed by atoms with van der Waals surface area (Å²) in [5, 5.41) is 0. The zero-order valence-corrected chi connectivity index (χ0v) is 45.4. The lowest BCUT2D eigenvalue weighted by Gasteiger charge is -2.18. The molecule has 71 heavy (non-hydrogen) atoms. The summed E-state index contributed by atoms with van der Waals surface area (Å²) < 4.78 is 16.8. The molecule has 0 fully saturated rings. The highest BCUT2D eigenvalue weighted by molar-refractivity contribution is 5.71. The summed E-state index contributed by atoms with van der Waals surface area (Å²) in [4.78, 5) is 38.2. The molecular formula is C65H102O6. The first-order valence-electron chi connectivity index (χ1n) is 28.4. The lowest BCUT2D eigenvalue weighted by atomic mass is 10.0. The summed E-state index contributed by atoms with van der Waals surface area (Å²) in [6.07, 6.45) is 82.6. The summed E-state index contributed by atoms with van der Waals surface area (Å²) in [5.74, 6) is -1.03. The second-order valence-electron chi connectivity index (χ2n) is 18.3. The van der Waals surface area contributed by atoms with Crippen molar-refractivity contribution in [1.82, 2.24) is 0 Å². The Kier molecular flexibility index (Phi) is 54.0. The van der Waals surface area contributed by atoms with Gasteiger partial charge in [0.2, 0.25) is 0 Å². The molecule has 0 N–H and O–H groups in total. The minimum absolute atomic E-state index is 0.120. The molecule has 0 rings (SSSR count). The predicted molar refractivity (Wildman–Crippen MR) is 306 cm³/mol. The van der Waals surface area contributed by atoms with Crippen LogP contribution < -0.4 is 0 Å². The van der Waals surface area contributed by atoms with Gasteiger partial charge in [0.25, 0.3) is 0 Å². The molecular weight excluding hydrogens is 877 g/mol. The van der Waals surface area contributed by atoms with Crippen molar-refractivity contribution in [3.05, 3.63) is 146 Å². The highest BCUT2D eigenvalue weighted by atomic mass is 16.6. The van der Waals surface area contributed by atoms with Gasteiger partial charge < -0.3 is 14.2 Å². The molecule has 0 radical (unpaired) electrons. The first-order chi connectivity index (χ1) is 35.0. The fourth-order valence-electron chi connectivity index (χ4n) is 7.34. The molecule has 0 aromatic heterocycles. The number of esters is 3. The molecule has 398 valence electrons. The van der Waals surface area contributed by atoms with Crippen molar-refractivity contribution in [1.29, 1.82) is 0 Å². The largest absolute Gasteiger partial charge is 0.462 e. The van der Waals surface area contributed by atoms with Crippen molar-refractivity contribution in [3.63, 3.8) is 0 Å². The molecule has 0 heterocycles. The SMILES string of the molecule is CC\C=C/C=C\C=C/C=C\C=C\C=C/C=C\CCCCCC(=O)OCC(COC(=O)CCCCCCCCCCCCCCCCCCC)OC(=O)CCC/C=C\C/C=C\C/C=C\C/C=C\C/C=C\CC. The van der Waals surface area contributed by atoms with E-state index in [4.69, 9.17) is 14.2 Å². The molecule has 0 aromatic rings. The van der Waals surface area contributed by atoms with Gasteiger partial charge in [-0.25, -0.2) is 0 Å². The maximum absolute atomic E-state index is 12.8. The molecule has 0 saturated heterocycles. The van der Waals surface area contributed by atoms with E-state index < -0.39 is 6.10 Å². The number of unbranched alkanes of at least 4 members (excludes halogenated alkanes) is 20. The average molecular weight is 980 g/mol.